The lowest BCUT2D eigenvalue weighted by Gasteiger charge is -2.19. The molecular formula is C16H12FNO3. The fourth-order valence-corrected chi connectivity index (χ4v) is 2.78. The van der Waals surface area contributed by atoms with Crippen LogP contribution in [0.15, 0.2) is 30.3 Å². The zero-order valence-electron chi connectivity index (χ0n) is 11.1. The maximum Gasteiger partial charge on any atom is 0.262 e. The van der Waals surface area contributed by atoms with Crippen molar-refractivity contribution in [1.29, 1.82) is 0 Å². The number of fused-ring (bicyclic) bond motifs is 2. The molecule has 2 aromatic rings. The molecule has 0 saturated carbocycles. The molecule has 0 atom stereocenters. The Morgan fingerprint density at radius 2 is 2.00 bits per heavy atom. The van der Waals surface area contributed by atoms with Crippen molar-refractivity contribution < 1.29 is 18.7 Å². The number of amides is 1. The Morgan fingerprint density at radius 3 is 2.90 bits per heavy atom. The predicted molar refractivity (Wildman–Crippen MR) is 75.2 cm³/mol. The number of ether oxygens (including phenoxy) is 2. The van der Waals surface area contributed by atoms with Crippen molar-refractivity contribution in [2.45, 2.75) is 6.42 Å². The van der Waals surface area contributed by atoms with Gasteiger partial charge in [-0.1, -0.05) is 12.1 Å². The van der Waals surface area contributed by atoms with Crippen molar-refractivity contribution in [3.63, 3.8) is 0 Å². The smallest absolute Gasteiger partial charge is 0.262 e. The third kappa shape index (κ3) is 1.93. The standard InChI is InChI=1S/C16H12FNO3/c17-12-7-13-15(21-8-16(19)18-13)6-11(12)9-2-1-3-14-10(9)4-5-20-14/h1-3,6-7H,4-5,8H2,(H,18,19). The molecule has 2 heterocycles. The van der Waals surface area contributed by atoms with Crippen LogP contribution in [-0.2, 0) is 11.2 Å². The first-order valence-corrected chi connectivity index (χ1v) is 6.73. The van der Waals surface area contributed by atoms with E-state index in [4.69, 9.17) is 9.47 Å². The molecule has 0 spiro atoms. The Morgan fingerprint density at radius 1 is 1.10 bits per heavy atom. The summed E-state index contributed by atoms with van der Waals surface area (Å²) >= 11 is 0. The monoisotopic (exact) mass is 285 g/mol. The van der Waals surface area contributed by atoms with E-state index >= 15 is 0 Å². The van der Waals surface area contributed by atoms with E-state index in [0.29, 0.717) is 23.6 Å². The van der Waals surface area contributed by atoms with Crippen molar-refractivity contribution in [2.24, 2.45) is 0 Å². The van der Waals surface area contributed by atoms with Crippen molar-refractivity contribution in [1.82, 2.24) is 0 Å². The fraction of sp³-hybridized carbons (Fsp3) is 0.188. The van der Waals surface area contributed by atoms with Crippen LogP contribution in [0, 0.1) is 5.82 Å². The van der Waals surface area contributed by atoms with E-state index in [9.17, 15) is 9.18 Å². The summed E-state index contributed by atoms with van der Waals surface area (Å²) in [5.74, 6) is 0.630. The Bertz CT molecular complexity index is 757. The van der Waals surface area contributed by atoms with E-state index in [1.807, 2.05) is 18.2 Å². The molecule has 4 rings (SSSR count). The van der Waals surface area contributed by atoms with Crippen molar-refractivity contribution in [2.75, 3.05) is 18.5 Å². The minimum atomic E-state index is -0.389. The number of carbonyl (C=O) groups excluding carboxylic acids is 1. The first kappa shape index (κ1) is 12.2. The van der Waals surface area contributed by atoms with Crippen LogP contribution in [0.5, 0.6) is 11.5 Å². The summed E-state index contributed by atoms with van der Waals surface area (Å²) in [7, 11) is 0. The van der Waals surface area contributed by atoms with Crippen LogP contribution in [0.2, 0.25) is 0 Å². The van der Waals surface area contributed by atoms with Crippen LogP contribution in [0.4, 0.5) is 10.1 Å². The number of halogens is 1. The van der Waals surface area contributed by atoms with E-state index in [-0.39, 0.29) is 18.3 Å². The summed E-state index contributed by atoms with van der Waals surface area (Å²) in [6.45, 7) is 0.569. The predicted octanol–water partition coefficient (Wildman–Crippen LogP) is 2.76. The minimum Gasteiger partial charge on any atom is -0.493 e. The molecule has 106 valence electrons. The Labute approximate surface area is 120 Å². The molecule has 1 amide bonds. The van der Waals surface area contributed by atoms with Gasteiger partial charge < -0.3 is 14.8 Å². The second kappa shape index (κ2) is 4.48. The average molecular weight is 285 g/mol. The first-order valence-electron chi connectivity index (χ1n) is 6.73. The van der Waals surface area contributed by atoms with Crippen LogP contribution >= 0.6 is 0 Å². The molecule has 0 bridgehead atoms. The lowest BCUT2D eigenvalue weighted by Crippen LogP contribution is -2.25. The lowest BCUT2D eigenvalue weighted by molar-refractivity contribution is -0.118. The van der Waals surface area contributed by atoms with E-state index in [1.165, 1.54) is 6.07 Å². The average Bonchev–Trinajstić information content (AvgIpc) is 2.95. The Hall–Kier alpha value is -2.56. The van der Waals surface area contributed by atoms with Gasteiger partial charge in [0.1, 0.15) is 17.3 Å². The highest BCUT2D eigenvalue weighted by molar-refractivity contribution is 5.96. The van der Waals surface area contributed by atoms with Gasteiger partial charge in [-0.15, -0.1) is 0 Å². The molecule has 2 aromatic carbocycles. The Balaban J connectivity index is 1.87. The number of hydrogen-bond donors (Lipinski definition) is 1. The van der Waals surface area contributed by atoms with E-state index in [2.05, 4.69) is 5.32 Å². The summed E-state index contributed by atoms with van der Waals surface area (Å²) < 4.78 is 25.3. The summed E-state index contributed by atoms with van der Waals surface area (Å²) in [6, 6.07) is 8.55. The molecule has 0 radical (unpaired) electrons. The maximum absolute atomic E-state index is 14.4. The quantitative estimate of drug-likeness (QED) is 0.876. The molecule has 0 saturated heterocycles. The van der Waals surface area contributed by atoms with Crippen molar-refractivity contribution >= 4 is 11.6 Å². The molecule has 0 aromatic heterocycles. The fourth-order valence-electron chi connectivity index (χ4n) is 2.78. The molecule has 0 unspecified atom stereocenters. The molecule has 5 heteroatoms. The number of hydrogen-bond acceptors (Lipinski definition) is 3. The van der Waals surface area contributed by atoms with Gasteiger partial charge in [-0.3, -0.25) is 4.79 Å². The summed E-state index contributed by atoms with van der Waals surface area (Å²) in [4.78, 5) is 11.3. The number of nitrogens with one attached hydrogen (secondary N) is 1. The highest BCUT2D eigenvalue weighted by Crippen LogP contribution is 2.40. The summed E-state index contributed by atoms with van der Waals surface area (Å²) in [5.41, 5.74) is 2.66. The van der Waals surface area contributed by atoms with Crippen LogP contribution < -0.4 is 14.8 Å². The summed E-state index contributed by atoms with van der Waals surface area (Å²) in [6.07, 6.45) is 0.764. The maximum atomic E-state index is 14.4. The molecule has 2 aliphatic rings. The van der Waals surface area contributed by atoms with Gasteiger partial charge in [0.15, 0.2) is 6.61 Å². The van der Waals surface area contributed by atoms with Crippen LogP contribution in [0.25, 0.3) is 11.1 Å². The van der Waals surface area contributed by atoms with Gasteiger partial charge >= 0.3 is 0 Å². The third-order valence-corrected chi connectivity index (χ3v) is 3.73. The molecule has 0 aliphatic carbocycles. The zero-order chi connectivity index (χ0) is 14.4. The SMILES string of the molecule is O=C1COc2cc(-c3cccc4c3CCO4)c(F)cc2N1. The second-order valence-corrected chi connectivity index (χ2v) is 5.05. The van der Waals surface area contributed by atoms with Crippen molar-refractivity contribution in [3.05, 3.63) is 41.7 Å². The number of carbonyl (C=O) groups is 1. The largest absolute Gasteiger partial charge is 0.493 e. The number of rotatable bonds is 1. The van der Waals surface area contributed by atoms with E-state index in [1.54, 1.807) is 6.07 Å². The highest BCUT2D eigenvalue weighted by atomic mass is 19.1. The van der Waals surface area contributed by atoms with Gasteiger partial charge in [-0.05, 0) is 17.7 Å². The Kier molecular flexibility index (Phi) is 2.60. The van der Waals surface area contributed by atoms with Gasteiger partial charge in [0.2, 0.25) is 0 Å². The van der Waals surface area contributed by atoms with Gasteiger partial charge in [-0.2, -0.15) is 0 Å². The molecular weight excluding hydrogens is 273 g/mol. The molecule has 0 fully saturated rings. The molecule has 21 heavy (non-hydrogen) atoms. The number of benzene rings is 2. The van der Waals surface area contributed by atoms with Crippen molar-refractivity contribution in [3.8, 4) is 22.6 Å². The van der Waals surface area contributed by atoms with E-state index < -0.39 is 0 Å². The third-order valence-electron chi connectivity index (χ3n) is 3.73. The van der Waals surface area contributed by atoms with E-state index in [0.717, 1.165) is 23.3 Å². The zero-order valence-corrected chi connectivity index (χ0v) is 11.1. The van der Waals surface area contributed by atoms with Gasteiger partial charge in [-0.25, -0.2) is 4.39 Å². The van der Waals surface area contributed by atoms with Crippen LogP contribution in [0.3, 0.4) is 0 Å². The van der Waals surface area contributed by atoms with Gasteiger partial charge in [0.05, 0.1) is 12.3 Å². The molecule has 4 nitrogen and oxygen atoms in total. The van der Waals surface area contributed by atoms with Crippen LogP contribution in [-0.4, -0.2) is 19.1 Å². The molecule has 1 N–H and O–H groups in total. The summed E-state index contributed by atoms with van der Waals surface area (Å²) in [5, 5.41) is 2.60. The topological polar surface area (TPSA) is 47.6 Å². The minimum absolute atomic E-state index is 0.0475. The highest BCUT2D eigenvalue weighted by Gasteiger charge is 2.23. The number of anilines is 1. The normalized spacial score (nSPS) is 15.6. The second-order valence-electron chi connectivity index (χ2n) is 5.05. The van der Waals surface area contributed by atoms with Gasteiger partial charge in [0.25, 0.3) is 5.91 Å². The van der Waals surface area contributed by atoms with Crippen LogP contribution in [0.1, 0.15) is 5.56 Å². The molecule has 2 aliphatic heterocycles. The lowest BCUT2D eigenvalue weighted by atomic mass is 9.97. The first-order chi connectivity index (χ1) is 10.2. The van der Waals surface area contributed by atoms with Gasteiger partial charge in [0, 0.05) is 23.6 Å².